The summed E-state index contributed by atoms with van der Waals surface area (Å²) >= 11 is 6.25. The second-order valence-corrected chi connectivity index (χ2v) is 7.90. The molecule has 6 nitrogen and oxygen atoms in total. The Morgan fingerprint density at radius 3 is 2.76 bits per heavy atom. The van der Waals surface area contributed by atoms with Crippen molar-refractivity contribution in [1.82, 2.24) is 10.6 Å². The second kappa shape index (κ2) is 12.9. The summed E-state index contributed by atoms with van der Waals surface area (Å²) < 4.78 is 16.7. The van der Waals surface area contributed by atoms with Crippen molar-refractivity contribution in [3.63, 3.8) is 0 Å². The third-order valence-corrected chi connectivity index (χ3v) is 5.79. The average Bonchev–Trinajstić information content (AvgIpc) is 3.24. The smallest absolute Gasteiger partial charge is 0.191 e. The fourth-order valence-corrected chi connectivity index (χ4v) is 3.99. The molecule has 0 amide bonds. The number of halogens is 2. The lowest BCUT2D eigenvalue weighted by atomic mass is 9.74. The number of guanidine groups is 1. The van der Waals surface area contributed by atoms with E-state index in [9.17, 15) is 0 Å². The van der Waals surface area contributed by atoms with Gasteiger partial charge in [0.1, 0.15) is 0 Å². The highest BCUT2D eigenvalue weighted by atomic mass is 127. The van der Waals surface area contributed by atoms with E-state index in [-0.39, 0.29) is 35.5 Å². The fraction of sp³-hybridized carbons (Fsp3) is 0.667. The summed E-state index contributed by atoms with van der Waals surface area (Å²) in [5.74, 6) is 0.817. The van der Waals surface area contributed by atoms with Crippen LogP contribution in [-0.4, -0.2) is 65.2 Å². The van der Waals surface area contributed by atoms with Crippen LogP contribution >= 0.6 is 35.6 Å². The maximum absolute atomic E-state index is 6.25. The molecule has 1 atom stereocenters. The Balaban J connectivity index is 0.00000300. The van der Waals surface area contributed by atoms with Gasteiger partial charge in [-0.25, -0.2) is 0 Å². The molecule has 0 aliphatic carbocycles. The maximum atomic E-state index is 6.25. The van der Waals surface area contributed by atoms with Crippen molar-refractivity contribution in [3.8, 4) is 0 Å². The molecule has 2 fully saturated rings. The number of nitrogens with zero attached hydrogens (tertiary/aromatic N) is 1. The van der Waals surface area contributed by atoms with E-state index in [2.05, 4.69) is 27.8 Å². The number of hydrogen-bond acceptors (Lipinski definition) is 4. The van der Waals surface area contributed by atoms with Gasteiger partial charge in [-0.15, -0.1) is 24.0 Å². The van der Waals surface area contributed by atoms with Gasteiger partial charge in [-0.3, -0.25) is 4.99 Å². The van der Waals surface area contributed by atoms with Gasteiger partial charge < -0.3 is 24.8 Å². The van der Waals surface area contributed by atoms with E-state index in [1.165, 1.54) is 5.56 Å². The van der Waals surface area contributed by atoms with Gasteiger partial charge in [0.2, 0.25) is 0 Å². The Kier molecular flexibility index (Phi) is 11.0. The van der Waals surface area contributed by atoms with Crippen molar-refractivity contribution in [2.75, 3.05) is 53.2 Å². The van der Waals surface area contributed by atoms with Crippen LogP contribution in [0.1, 0.15) is 31.2 Å². The summed E-state index contributed by atoms with van der Waals surface area (Å²) in [4.78, 5) is 4.37. The van der Waals surface area contributed by atoms with Crippen molar-refractivity contribution >= 4 is 41.5 Å². The summed E-state index contributed by atoms with van der Waals surface area (Å²) in [6, 6.07) is 8.19. The molecule has 0 spiro atoms. The van der Waals surface area contributed by atoms with Gasteiger partial charge in [-0.2, -0.15) is 0 Å². The molecule has 3 rings (SSSR count). The van der Waals surface area contributed by atoms with Crippen molar-refractivity contribution < 1.29 is 14.2 Å². The Bertz CT molecular complexity index is 635. The van der Waals surface area contributed by atoms with Gasteiger partial charge in [0.15, 0.2) is 5.96 Å². The molecule has 0 bridgehead atoms. The zero-order valence-corrected chi connectivity index (χ0v) is 20.2. The highest BCUT2D eigenvalue weighted by Crippen LogP contribution is 2.35. The topological polar surface area (TPSA) is 64.1 Å². The molecule has 1 unspecified atom stereocenters. The van der Waals surface area contributed by atoms with Crippen molar-refractivity contribution in [2.45, 2.75) is 37.2 Å². The summed E-state index contributed by atoms with van der Waals surface area (Å²) in [7, 11) is 1.80. The lowest BCUT2D eigenvalue weighted by molar-refractivity contribution is 0.0419. The van der Waals surface area contributed by atoms with Crippen LogP contribution < -0.4 is 10.6 Å². The van der Waals surface area contributed by atoms with Gasteiger partial charge in [-0.1, -0.05) is 23.7 Å². The lowest BCUT2D eigenvalue weighted by Gasteiger charge is -2.38. The molecular formula is C21H33ClIN3O3. The van der Waals surface area contributed by atoms with Crippen LogP contribution in [-0.2, 0) is 19.6 Å². The number of ether oxygens (including phenoxy) is 3. The Labute approximate surface area is 196 Å². The minimum Gasteiger partial charge on any atom is -0.381 e. The van der Waals surface area contributed by atoms with E-state index in [0.29, 0.717) is 0 Å². The van der Waals surface area contributed by atoms with Crippen LogP contribution in [0.5, 0.6) is 0 Å². The Morgan fingerprint density at radius 2 is 2.07 bits per heavy atom. The van der Waals surface area contributed by atoms with Crippen LogP contribution in [0.4, 0.5) is 0 Å². The predicted octanol–water partition coefficient (Wildman–Crippen LogP) is 3.37. The number of nitrogens with one attached hydrogen (secondary N) is 2. The van der Waals surface area contributed by atoms with Crippen LogP contribution in [0.2, 0.25) is 5.02 Å². The Morgan fingerprint density at radius 1 is 1.24 bits per heavy atom. The number of benzene rings is 1. The molecular weight excluding hydrogens is 505 g/mol. The summed E-state index contributed by atoms with van der Waals surface area (Å²) in [5.41, 5.74) is 1.27. The highest BCUT2D eigenvalue weighted by molar-refractivity contribution is 14.0. The van der Waals surface area contributed by atoms with Gasteiger partial charge >= 0.3 is 0 Å². The minimum atomic E-state index is 0. The zero-order valence-electron chi connectivity index (χ0n) is 17.1. The number of rotatable bonds is 8. The molecule has 0 saturated carbocycles. The third kappa shape index (κ3) is 7.54. The standard InChI is InChI=1S/C21H32ClN3O3.HI/c1-23-20(24-9-3-10-28-19-6-11-27-15-19)25-16-21(7-12-26-13-8-21)17-4-2-5-18(22)14-17;/h2,4-5,14,19H,3,6-13,15-16H2,1H3,(H2,23,24,25);1H. The molecule has 1 aromatic carbocycles. The van der Waals surface area contributed by atoms with E-state index in [0.717, 1.165) is 82.8 Å². The lowest BCUT2D eigenvalue weighted by Crippen LogP contribution is -2.48. The van der Waals surface area contributed by atoms with E-state index >= 15 is 0 Å². The Hall–Kier alpha value is -0.610. The molecule has 0 aromatic heterocycles. The van der Waals surface area contributed by atoms with E-state index in [4.69, 9.17) is 25.8 Å². The number of aliphatic imine (C=N–C) groups is 1. The monoisotopic (exact) mass is 537 g/mol. The third-order valence-electron chi connectivity index (χ3n) is 5.56. The second-order valence-electron chi connectivity index (χ2n) is 7.47. The van der Waals surface area contributed by atoms with Crippen LogP contribution in [0.15, 0.2) is 29.3 Å². The van der Waals surface area contributed by atoms with Gasteiger partial charge in [0, 0.05) is 57.0 Å². The fourth-order valence-electron chi connectivity index (χ4n) is 3.79. The highest BCUT2D eigenvalue weighted by Gasteiger charge is 2.34. The molecule has 2 saturated heterocycles. The van der Waals surface area contributed by atoms with Crippen LogP contribution in [0.3, 0.4) is 0 Å². The van der Waals surface area contributed by atoms with Crippen molar-refractivity contribution in [1.29, 1.82) is 0 Å². The molecule has 2 N–H and O–H groups in total. The molecule has 1 aromatic rings. The normalized spacial score (nSPS) is 21.4. The van der Waals surface area contributed by atoms with Crippen LogP contribution in [0, 0.1) is 0 Å². The first kappa shape index (κ1) is 24.7. The molecule has 2 heterocycles. The largest absolute Gasteiger partial charge is 0.381 e. The van der Waals surface area contributed by atoms with E-state index in [1.807, 2.05) is 12.1 Å². The molecule has 2 aliphatic heterocycles. The summed E-state index contributed by atoms with van der Waals surface area (Å²) in [6.45, 7) is 5.43. The van der Waals surface area contributed by atoms with E-state index < -0.39 is 0 Å². The molecule has 8 heteroatoms. The quantitative estimate of drug-likeness (QED) is 0.230. The predicted molar refractivity (Wildman–Crippen MR) is 128 cm³/mol. The maximum Gasteiger partial charge on any atom is 0.191 e. The molecule has 2 aliphatic rings. The molecule has 29 heavy (non-hydrogen) atoms. The number of hydrogen-bond donors (Lipinski definition) is 2. The van der Waals surface area contributed by atoms with Crippen LogP contribution in [0.25, 0.3) is 0 Å². The molecule has 0 radical (unpaired) electrons. The first-order chi connectivity index (χ1) is 13.7. The van der Waals surface area contributed by atoms with Gasteiger partial charge in [0.05, 0.1) is 12.7 Å². The summed E-state index contributed by atoms with van der Waals surface area (Å²) in [5, 5.41) is 7.67. The first-order valence-electron chi connectivity index (χ1n) is 10.2. The van der Waals surface area contributed by atoms with Gasteiger partial charge in [0.25, 0.3) is 0 Å². The van der Waals surface area contributed by atoms with E-state index in [1.54, 1.807) is 7.05 Å². The molecule has 164 valence electrons. The minimum absolute atomic E-state index is 0. The van der Waals surface area contributed by atoms with Crippen molar-refractivity contribution in [3.05, 3.63) is 34.9 Å². The average molecular weight is 538 g/mol. The zero-order chi connectivity index (χ0) is 19.7. The SMILES string of the molecule is CN=C(NCCCOC1CCOC1)NCC1(c2cccc(Cl)c2)CCOCC1.I. The summed E-state index contributed by atoms with van der Waals surface area (Å²) in [6.07, 6.45) is 4.14. The van der Waals surface area contributed by atoms with Gasteiger partial charge in [-0.05, 0) is 43.4 Å². The first-order valence-corrected chi connectivity index (χ1v) is 10.6. The van der Waals surface area contributed by atoms with Crippen molar-refractivity contribution in [2.24, 2.45) is 4.99 Å².